The van der Waals surface area contributed by atoms with E-state index >= 15 is 0 Å². The van der Waals surface area contributed by atoms with E-state index in [1.54, 1.807) is 0 Å². The Labute approximate surface area is 131 Å². The monoisotopic (exact) mass is 336 g/mol. The molecular weight excluding hydrogens is 317 g/mol. The molecule has 23 heavy (non-hydrogen) atoms. The number of amides is 2. The minimum atomic E-state index is -4.47. The van der Waals surface area contributed by atoms with E-state index in [-0.39, 0.29) is 12.8 Å². The molecule has 3 fully saturated rings. The minimum absolute atomic E-state index is 0.0799. The van der Waals surface area contributed by atoms with Crippen LogP contribution in [0.5, 0.6) is 0 Å². The van der Waals surface area contributed by atoms with Gasteiger partial charge < -0.3 is 19.7 Å². The van der Waals surface area contributed by atoms with Crippen molar-refractivity contribution in [2.24, 2.45) is 5.92 Å². The Hall–Kier alpha value is -1.35. The lowest BCUT2D eigenvalue weighted by atomic mass is 9.91. The Balaban J connectivity index is 1.56. The van der Waals surface area contributed by atoms with Crippen LogP contribution in [-0.2, 0) is 19.1 Å². The smallest absolute Gasteiger partial charge is 0.347 e. The van der Waals surface area contributed by atoms with Crippen molar-refractivity contribution in [1.29, 1.82) is 0 Å². The molecule has 3 heterocycles. The molecule has 0 saturated carbocycles. The topological polar surface area (TPSA) is 67.9 Å². The molecule has 0 aromatic rings. The Morgan fingerprint density at radius 1 is 1.17 bits per heavy atom. The molecule has 0 aromatic heterocycles. The van der Waals surface area contributed by atoms with Gasteiger partial charge in [-0.3, -0.25) is 9.59 Å². The number of likely N-dealkylation sites (tertiary alicyclic amines) is 1. The van der Waals surface area contributed by atoms with Gasteiger partial charge in [-0.15, -0.1) is 0 Å². The summed E-state index contributed by atoms with van der Waals surface area (Å²) in [5.74, 6) is -2.91. The van der Waals surface area contributed by atoms with Gasteiger partial charge in [0.05, 0.1) is 13.2 Å². The zero-order valence-corrected chi connectivity index (χ0v) is 12.5. The number of nitrogens with zero attached hydrogens (tertiary/aromatic N) is 1. The summed E-state index contributed by atoms with van der Waals surface area (Å²) in [6.07, 6.45) is -3.80. The van der Waals surface area contributed by atoms with Crippen molar-refractivity contribution in [3.63, 3.8) is 0 Å². The number of carbonyl (C=O) groups is 2. The molecule has 0 aromatic carbocycles. The maximum absolute atomic E-state index is 12.6. The van der Waals surface area contributed by atoms with E-state index in [0.717, 1.165) is 0 Å². The van der Waals surface area contributed by atoms with Crippen molar-refractivity contribution in [2.45, 2.75) is 43.7 Å². The normalized spacial score (nSPS) is 31.3. The van der Waals surface area contributed by atoms with Crippen molar-refractivity contribution in [3.05, 3.63) is 0 Å². The second-order valence-corrected chi connectivity index (χ2v) is 6.17. The average molecular weight is 336 g/mol. The lowest BCUT2D eigenvalue weighted by Crippen LogP contribution is -2.56. The number of alkyl halides is 3. The Kier molecular flexibility index (Phi) is 4.26. The number of piperidine rings is 2. The predicted molar refractivity (Wildman–Crippen MR) is 71.2 cm³/mol. The molecule has 1 N–H and O–H groups in total. The van der Waals surface area contributed by atoms with E-state index in [1.807, 2.05) is 5.32 Å². The predicted octanol–water partition coefficient (Wildman–Crippen LogP) is 0.809. The first-order chi connectivity index (χ1) is 10.8. The van der Waals surface area contributed by atoms with E-state index < -0.39 is 35.7 Å². The first-order valence-corrected chi connectivity index (χ1v) is 7.75. The Bertz CT molecular complexity index is 481. The summed E-state index contributed by atoms with van der Waals surface area (Å²) in [4.78, 5) is 25.8. The number of hydrogen-bond donors (Lipinski definition) is 1. The van der Waals surface area contributed by atoms with Gasteiger partial charge in [-0.1, -0.05) is 0 Å². The fraction of sp³-hybridized carbons (Fsp3) is 0.857. The molecular formula is C14H19F3N2O4. The Morgan fingerprint density at radius 2 is 1.78 bits per heavy atom. The average Bonchev–Trinajstić information content (AvgIpc) is 2.94. The van der Waals surface area contributed by atoms with Gasteiger partial charge in [-0.2, -0.15) is 13.2 Å². The molecule has 0 radical (unpaired) electrons. The molecule has 0 unspecified atom stereocenters. The minimum Gasteiger partial charge on any atom is -0.347 e. The molecule has 3 aliphatic rings. The molecule has 2 amide bonds. The first kappa shape index (κ1) is 16.5. The SMILES string of the molecule is O=C1N[C@@H](C(F)(F)F)CC[C@@H]1C(=O)N1CCC2(CC1)OCCO2. The summed E-state index contributed by atoms with van der Waals surface area (Å²) < 4.78 is 49.0. The van der Waals surface area contributed by atoms with E-state index in [0.29, 0.717) is 39.1 Å². The molecule has 6 nitrogen and oxygen atoms in total. The van der Waals surface area contributed by atoms with Gasteiger partial charge in [0.2, 0.25) is 11.8 Å². The second-order valence-electron chi connectivity index (χ2n) is 6.17. The molecule has 3 aliphatic heterocycles. The third kappa shape index (κ3) is 3.30. The number of hydrogen-bond acceptors (Lipinski definition) is 4. The van der Waals surface area contributed by atoms with E-state index in [4.69, 9.17) is 9.47 Å². The van der Waals surface area contributed by atoms with Crippen LogP contribution in [0.3, 0.4) is 0 Å². The van der Waals surface area contributed by atoms with Crippen molar-refractivity contribution in [2.75, 3.05) is 26.3 Å². The highest BCUT2D eigenvalue weighted by atomic mass is 19.4. The highest BCUT2D eigenvalue weighted by molar-refractivity contribution is 6.00. The molecule has 3 saturated heterocycles. The summed E-state index contributed by atoms with van der Waals surface area (Å²) in [7, 11) is 0. The molecule has 1 spiro atoms. The zero-order valence-electron chi connectivity index (χ0n) is 12.5. The lowest BCUT2D eigenvalue weighted by Gasteiger charge is -2.39. The van der Waals surface area contributed by atoms with Crippen molar-refractivity contribution in [1.82, 2.24) is 10.2 Å². The summed E-state index contributed by atoms with van der Waals surface area (Å²) in [5, 5.41) is 1.91. The van der Waals surface area contributed by atoms with Gasteiger partial charge in [-0.05, 0) is 12.8 Å². The van der Waals surface area contributed by atoms with Crippen LogP contribution in [0.15, 0.2) is 0 Å². The van der Waals surface area contributed by atoms with Gasteiger partial charge in [0, 0.05) is 25.9 Å². The van der Waals surface area contributed by atoms with Crippen LogP contribution >= 0.6 is 0 Å². The standard InChI is InChI=1S/C14H19F3N2O4/c15-14(16,17)10-2-1-9(11(20)18-10)12(21)19-5-3-13(4-6-19)22-7-8-23-13/h9-10H,1-8H2,(H,18,20)/t9-,10+/m0/s1. The number of rotatable bonds is 1. The quantitative estimate of drug-likeness (QED) is 0.720. The van der Waals surface area contributed by atoms with Crippen molar-refractivity contribution >= 4 is 11.8 Å². The summed E-state index contributed by atoms with van der Waals surface area (Å²) in [5.41, 5.74) is 0. The van der Waals surface area contributed by atoms with Gasteiger partial charge >= 0.3 is 6.18 Å². The van der Waals surface area contributed by atoms with Crippen LogP contribution < -0.4 is 5.32 Å². The molecule has 9 heteroatoms. The summed E-state index contributed by atoms with van der Waals surface area (Å²) >= 11 is 0. The number of ether oxygens (including phenoxy) is 2. The van der Waals surface area contributed by atoms with Crippen LogP contribution in [-0.4, -0.2) is 61.0 Å². The second kappa shape index (κ2) is 5.94. The van der Waals surface area contributed by atoms with Crippen molar-refractivity contribution in [3.8, 4) is 0 Å². The van der Waals surface area contributed by atoms with E-state index in [9.17, 15) is 22.8 Å². The van der Waals surface area contributed by atoms with Crippen LogP contribution in [0.2, 0.25) is 0 Å². The molecule has 0 aliphatic carbocycles. The van der Waals surface area contributed by atoms with Gasteiger partial charge in [0.1, 0.15) is 12.0 Å². The van der Waals surface area contributed by atoms with Gasteiger partial charge in [0.25, 0.3) is 0 Å². The van der Waals surface area contributed by atoms with Crippen LogP contribution in [0.4, 0.5) is 13.2 Å². The largest absolute Gasteiger partial charge is 0.408 e. The van der Waals surface area contributed by atoms with Gasteiger partial charge in [0.15, 0.2) is 5.79 Å². The fourth-order valence-corrected chi connectivity index (χ4v) is 3.36. The highest BCUT2D eigenvalue weighted by Gasteiger charge is 2.48. The number of halogens is 3. The fourth-order valence-electron chi connectivity index (χ4n) is 3.36. The number of nitrogens with one attached hydrogen (secondary N) is 1. The molecule has 130 valence electrons. The van der Waals surface area contributed by atoms with Crippen LogP contribution in [0, 0.1) is 5.92 Å². The van der Waals surface area contributed by atoms with E-state index in [2.05, 4.69) is 0 Å². The third-order valence-corrected chi connectivity index (χ3v) is 4.72. The summed E-state index contributed by atoms with van der Waals surface area (Å²) in [6, 6.07) is -1.86. The van der Waals surface area contributed by atoms with Gasteiger partial charge in [-0.25, -0.2) is 0 Å². The Morgan fingerprint density at radius 3 is 2.30 bits per heavy atom. The van der Waals surface area contributed by atoms with E-state index in [1.165, 1.54) is 4.90 Å². The molecule has 2 atom stereocenters. The molecule has 0 bridgehead atoms. The summed E-state index contributed by atoms with van der Waals surface area (Å²) in [6.45, 7) is 1.81. The maximum Gasteiger partial charge on any atom is 0.408 e. The zero-order chi connectivity index (χ0) is 16.7. The third-order valence-electron chi connectivity index (χ3n) is 4.72. The highest BCUT2D eigenvalue weighted by Crippen LogP contribution is 2.33. The first-order valence-electron chi connectivity index (χ1n) is 7.75. The number of carbonyl (C=O) groups excluding carboxylic acids is 2. The van der Waals surface area contributed by atoms with Crippen LogP contribution in [0.1, 0.15) is 25.7 Å². The van der Waals surface area contributed by atoms with Crippen molar-refractivity contribution < 1.29 is 32.2 Å². The van der Waals surface area contributed by atoms with Crippen LogP contribution in [0.25, 0.3) is 0 Å². The molecule has 3 rings (SSSR count). The maximum atomic E-state index is 12.6. The lowest BCUT2D eigenvalue weighted by molar-refractivity contribution is -0.190.